The Morgan fingerprint density at radius 1 is 1.38 bits per heavy atom. The van der Waals surface area contributed by atoms with Gasteiger partial charge in [-0.15, -0.1) is 0 Å². The fraction of sp³-hybridized carbons (Fsp3) is 0.800. The third-order valence-electron chi connectivity index (χ3n) is 0.789. The molecule has 0 amide bonds. The van der Waals surface area contributed by atoms with E-state index in [2.05, 4.69) is 6.07 Å². The Morgan fingerprint density at radius 2 is 2.00 bits per heavy atom. The molecule has 0 aromatic heterocycles. The molecule has 0 aliphatic carbocycles. The minimum Gasteiger partial charge on any atom is -1.00 e. The van der Waals surface area contributed by atoms with E-state index in [1.165, 1.54) is 10.4 Å². The Hall–Kier alpha value is 0.892. The molecule has 0 rings (SSSR count). The first kappa shape index (κ1) is 11.7. The molecule has 0 atom stereocenters. The van der Waals surface area contributed by atoms with E-state index < -0.39 is 0 Å². The number of hydrogen-bond donors (Lipinski definition) is 0. The molecule has 0 N–H and O–H groups in total. The molecule has 0 saturated heterocycles. The maximum atomic E-state index is 8.06. The average molecular weight is 274 g/mol. The molecule has 0 spiro atoms. The minimum atomic E-state index is 0. The van der Waals surface area contributed by atoms with Gasteiger partial charge in [0.25, 0.3) is 0 Å². The van der Waals surface area contributed by atoms with Crippen LogP contribution in [0.15, 0.2) is 0 Å². The Labute approximate surface area is 76.9 Å². The monoisotopic (exact) mass is 275 g/mol. The summed E-state index contributed by atoms with van der Waals surface area (Å²) in [6.07, 6.45) is 3.15. The summed E-state index contributed by atoms with van der Waals surface area (Å²) in [7, 11) is 0. The van der Waals surface area contributed by atoms with Crippen molar-refractivity contribution in [2.75, 3.05) is 0 Å². The van der Waals surface area contributed by atoms with E-state index in [0.29, 0.717) is 0 Å². The van der Waals surface area contributed by atoms with Crippen LogP contribution < -0.4 is 17.0 Å². The largest absolute Gasteiger partial charge is 1.00 e. The summed E-state index contributed by atoms with van der Waals surface area (Å²) in [5, 5.41) is 8.06. The van der Waals surface area contributed by atoms with Crippen molar-refractivity contribution in [3.8, 4) is 6.07 Å². The summed E-state index contributed by atoms with van der Waals surface area (Å²) in [5.74, 6) is 0. The molecule has 0 heterocycles. The fourth-order valence-corrected chi connectivity index (χ4v) is 1.39. The van der Waals surface area contributed by atoms with Crippen molar-refractivity contribution in [1.82, 2.24) is 0 Å². The van der Waals surface area contributed by atoms with E-state index >= 15 is 0 Å². The second kappa shape index (κ2) is 10.8. The van der Waals surface area contributed by atoms with Gasteiger partial charge in [-0.05, 0) is 0 Å². The molecule has 8 heavy (non-hydrogen) atoms. The number of unbranched alkanes of at least 4 members (excludes halogenated alkanes) is 2. The van der Waals surface area contributed by atoms with Crippen LogP contribution in [0.5, 0.6) is 0 Å². The average Bonchev–Trinajstić information content (AvgIpc) is 1.69. The minimum absolute atomic E-state index is 0. The summed E-state index contributed by atoms with van der Waals surface area (Å²) in [6.45, 7) is 0. The topological polar surface area (TPSA) is 23.8 Å². The predicted molar refractivity (Wildman–Crippen MR) is 24.3 cm³/mol. The molecule has 3 heteroatoms. The van der Waals surface area contributed by atoms with Crippen LogP contribution in [0.3, 0.4) is 0 Å². The molecule has 0 aliphatic rings. The first-order chi connectivity index (χ1) is 3.41. The van der Waals surface area contributed by atoms with Gasteiger partial charge in [0, 0.05) is 0 Å². The van der Waals surface area contributed by atoms with Crippen molar-refractivity contribution in [3.05, 3.63) is 0 Å². The first-order valence-electron chi connectivity index (χ1n) is 2.58. The molecule has 0 aliphatic heterocycles. The van der Waals surface area contributed by atoms with Gasteiger partial charge in [0.15, 0.2) is 0 Å². The van der Waals surface area contributed by atoms with Crippen LogP contribution in [-0.4, -0.2) is 0 Å². The van der Waals surface area contributed by atoms with Gasteiger partial charge in [-0.25, -0.2) is 0 Å². The van der Waals surface area contributed by atoms with Gasteiger partial charge in [0.1, 0.15) is 0 Å². The number of nitriles is 1. The third-order valence-corrected chi connectivity index (χ3v) is 2.22. The summed E-state index contributed by atoms with van der Waals surface area (Å²) >= 11 is 1.11. The molecular formula is C5H8BrCdN. The molecule has 1 nitrogen and oxygen atoms in total. The maximum Gasteiger partial charge on any atom is -1.00 e. The van der Waals surface area contributed by atoms with E-state index in [0.717, 1.165) is 38.6 Å². The van der Waals surface area contributed by atoms with Gasteiger partial charge < -0.3 is 17.0 Å². The Balaban J connectivity index is 0. The first-order valence-corrected chi connectivity index (χ1v) is 5.43. The Bertz CT molecular complexity index is 69.3. The summed E-state index contributed by atoms with van der Waals surface area (Å²) in [6, 6.07) is 2.12. The van der Waals surface area contributed by atoms with Crippen LogP contribution in [0.2, 0.25) is 3.98 Å². The van der Waals surface area contributed by atoms with E-state index in [-0.39, 0.29) is 17.0 Å². The number of halogens is 1. The SMILES string of the molecule is N#CCCC[CH2][Cd+].[Br-]. The van der Waals surface area contributed by atoms with Crippen LogP contribution in [-0.2, 0) is 25.8 Å². The van der Waals surface area contributed by atoms with Crippen molar-refractivity contribution in [1.29, 1.82) is 5.26 Å². The van der Waals surface area contributed by atoms with Crippen molar-refractivity contribution in [2.24, 2.45) is 0 Å². The quantitative estimate of drug-likeness (QED) is 0.461. The van der Waals surface area contributed by atoms with Gasteiger partial charge in [0.2, 0.25) is 0 Å². The molecule has 0 aromatic carbocycles. The van der Waals surface area contributed by atoms with Crippen molar-refractivity contribution >= 4 is 0 Å². The van der Waals surface area contributed by atoms with Crippen LogP contribution in [0, 0.1) is 11.3 Å². The van der Waals surface area contributed by atoms with Gasteiger partial charge >= 0.3 is 60.3 Å². The molecule has 0 bridgehead atoms. The van der Waals surface area contributed by atoms with Crippen LogP contribution >= 0.6 is 0 Å². The second-order valence-electron chi connectivity index (χ2n) is 1.47. The van der Waals surface area contributed by atoms with Crippen molar-refractivity contribution in [2.45, 2.75) is 23.2 Å². The van der Waals surface area contributed by atoms with Gasteiger partial charge in [-0.1, -0.05) is 0 Å². The zero-order chi connectivity index (χ0) is 5.54. The Morgan fingerprint density at radius 3 is 2.38 bits per heavy atom. The molecule has 0 saturated carbocycles. The van der Waals surface area contributed by atoms with E-state index in [1.807, 2.05) is 0 Å². The summed E-state index contributed by atoms with van der Waals surface area (Å²) in [4.78, 5) is 0. The molecular weight excluding hydrogens is 266 g/mol. The van der Waals surface area contributed by atoms with E-state index in [1.54, 1.807) is 0 Å². The second-order valence-corrected chi connectivity index (χ2v) is 3.49. The van der Waals surface area contributed by atoms with Crippen molar-refractivity contribution in [3.63, 3.8) is 0 Å². The predicted octanol–water partition coefficient (Wildman–Crippen LogP) is -1.35. The van der Waals surface area contributed by atoms with Gasteiger partial charge in [-0.2, -0.15) is 0 Å². The maximum absolute atomic E-state index is 8.06. The number of hydrogen-bond acceptors (Lipinski definition) is 1. The molecule has 0 unspecified atom stereocenters. The normalized spacial score (nSPS) is 7.12. The summed E-state index contributed by atoms with van der Waals surface area (Å²) in [5.41, 5.74) is 0. The van der Waals surface area contributed by atoms with Crippen LogP contribution in [0.25, 0.3) is 0 Å². The van der Waals surface area contributed by atoms with Crippen LogP contribution in [0.4, 0.5) is 0 Å². The van der Waals surface area contributed by atoms with E-state index in [9.17, 15) is 0 Å². The van der Waals surface area contributed by atoms with Crippen molar-refractivity contribution < 1.29 is 42.7 Å². The van der Waals surface area contributed by atoms with E-state index in [4.69, 9.17) is 5.26 Å². The van der Waals surface area contributed by atoms with Crippen LogP contribution in [0.1, 0.15) is 19.3 Å². The number of nitrogens with zero attached hydrogens (tertiary/aromatic N) is 1. The smallest absolute Gasteiger partial charge is 1.00 e. The number of rotatable bonds is 3. The standard InChI is InChI=1S/C5H8N.BrH.Cd/c1-2-3-4-5-6;;/h1-4H2;1H;/q;;+1/p-1. The third kappa shape index (κ3) is 10.00. The van der Waals surface area contributed by atoms with Gasteiger partial charge in [-0.3, -0.25) is 0 Å². The zero-order valence-electron chi connectivity index (χ0n) is 4.86. The molecule has 0 fully saturated rings. The fourth-order valence-electron chi connectivity index (χ4n) is 0.381. The molecule has 0 radical (unpaired) electrons. The molecule has 42 valence electrons. The van der Waals surface area contributed by atoms with Gasteiger partial charge in [0.05, 0.1) is 0 Å². The Kier molecular flexibility index (Phi) is 15.7. The summed E-state index contributed by atoms with van der Waals surface area (Å²) < 4.78 is 1.38. The zero-order valence-corrected chi connectivity index (χ0v) is 10.5. The molecule has 0 aromatic rings.